The molecule has 0 unspecified atom stereocenters. The topological polar surface area (TPSA) is 128 Å². The number of anilines is 1. The summed E-state index contributed by atoms with van der Waals surface area (Å²) in [5.74, 6) is -5.58. The highest BCUT2D eigenvalue weighted by Gasteiger charge is 2.61. The molecule has 208 valence electrons. The van der Waals surface area contributed by atoms with E-state index in [1.807, 2.05) is 20.8 Å². The average Bonchev–Trinajstić information content (AvgIpc) is 3.19. The Morgan fingerprint density at radius 1 is 1.18 bits per heavy atom. The number of carbonyl (C=O) groups is 2. The molecule has 1 aromatic heterocycles. The van der Waals surface area contributed by atoms with Gasteiger partial charge in [0.15, 0.2) is 11.5 Å². The molecule has 3 N–H and O–H groups in total. The van der Waals surface area contributed by atoms with Gasteiger partial charge in [-0.3, -0.25) is 4.79 Å². The lowest BCUT2D eigenvalue weighted by Crippen LogP contribution is -2.45. The number of carboxylic acid groups (broad SMARTS) is 1. The highest BCUT2D eigenvalue weighted by Crippen LogP contribution is 2.52. The number of halogens is 4. The summed E-state index contributed by atoms with van der Waals surface area (Å²) >= 11 is 12.2. The molecule has 2 aromatic carbocycles. The van der Waals surface area contributed by atoms with Crippen molar-refractivity contribution in [3.8, 4) is 6.07 Å². The van der Waals surface area contributed by atoms with Gasteiger partial charge in [0, 0.05) is 34.9 Å². The molecule has 4 atom stereocenters. The Balaban J connectivity index is 1.98. The van der Waals surface area contributed by atoms with Crippen molar-refractivity contribution in [2.45, 2.75) is 50.6 Å². The van der Waals surface area contributed by atoms with E-state index in [-0.39, 0.29) is 33.4 Å². The number of hydrogen-bond acceptors (Lipinski definition) is 6. The second-order valence-electron chi connectivity index (χ2n) is 10.7. The molecule has 0 spiro atoms. The van der Waals surface area contributed by atoms with Crippen LogP contribution in [0.4, 0.5) is 14.6 Å². The lowest BCUT2D eigenvalue weighted by atomic mass is 9.62. The van der Waals surface area contributed by atoms with Gasteiger partial charge in [-0.2, -0.15) is 5.26 Å². The molecule has 0 radical (unpaired) electrons. The number of carbonyl (C=O) groups excluding carboxylic acids is 1. The number of benzene rings is 2. The predicted molar refractivity (Wildman–Crippen MR) is 145 cm³/mol. The van der Waals surface area contributed by atoms with Gasteiger partial charge in [-0.05, 0) is 35.6 Å². The minimum Gasteiger partial charge on any atom is -0.476 e. The van der Waals surface area contributed by atoms with Gasteiger partial charge in [0.05, 0.1) is 17.1 Å². The monoisotopic (exact) mass is 587 g/mol. The highest BCUT2D eigenvalue weighted by atomic mass is 35.5. The number of aromatic nitrogens is 2. The summed E-state index contributed by atoms with van der Waals surface area (Å²) in [6.45, 7) is 5.74. The lowest BCUT2D eigenvalue weighted by Gasteiger charge is -2.37. The van der Waals surface area contributed by atoms with E-state index in [0.717, 1.165) is 12.3 Å². The van der Waals surface area contributed by atoms with E-state index in [9.17, 15) is 20.0 Å². The molecule has 40 heavy (non-hydrogen) atoms. The van der Waals surface area contributed by atoms with Crippen molar-refractivity contribution in [3.63, 3.8) is 0 Å². The van der Waals surface area contributed by atoms with Crippen molar-refractivity contribution in [2.75, 3.05) is 5.32 Å². The minimum absolute atomic E-state index is 0.0773. The molecular formula is C28H25Cl2F2N5O3. The van der Waals surface area contributed by atoms with Crippen LogP contribution in [0.5, 0.6) is 0 Å². The zero-order valence-electron chi connectivity index (χ0n) is 21.7. The number of nitrogens with one attached hydrogen (secondary N) is 2. The number of nitriles is 1. The molecular weight excluding hydrogens is 563 g/mol. The standard InChI is InChI=1S/C28H25Cl2F2N5O3/c1-27(2,3)12-19-28(13-33,16-8-7-14(29)11-18(16)31)20(15-5-4-6-17(30)21(15)32)22(36-19)25(38)37-24-23(26(39)40)34-9-10-35-24/h4-11,19-20,22,36H,12H2,1-3H3,(H,39,40)(H,35,37,38)/t19-,20-,22+,28-/m0/s1. The van der Waals surface area contributed by atoms with Crippen molar-refractivity contribution < 1.29 is 23.5 Å². The fourth-order valence-electron chi connectivity index (χ4n) is 5.34. The summed E-state index contributed by atoms with van der Waals surface area (Å²) in [5.41, 5.74) is -2.93. The van der Waals surface area contributed by atoms with Gasteiger partial charge in [-0.15, -0.1) is 0 Å². The van der Waals surface area contributed by atoms with Crippen LogP contribution in [0.1, 0.15) is 54.7 Å². The Bertz CT molecular complexity index is 1520. The molecule has 12 heteroatoms. The number of rotatable bonds is 6. The first kappa shape index (κ1) is 29.3. The van der Waals surface area contributed by atoms with E-state index in [4.69, 9.17) is 23.2 Å². The molecule has 0 saturated carbocycles. The molecule has 1 aliphatic heterocycles. The number of amides is 1. The quantitative estimate of drug-likeness (QED) is 0.336. The van der Waals surface area contributed by atoms with Crippen molar-refractivity contribution in [3.05, 3.63) is 87.3 Å². The maximum absolute atomic E-state index is 15.7. The van der Waals surface area contributed by atoms with E-state index in [0.29, 0.717) is 0 Å². The minimum atomic E-state index is -1.83. The Morgan fingerprint density at radius 3 is 2.50 bits per heavy atom. The second-order valence-corrected chi connectivity index (χ2v) is 11.6. The SMILES string of the molecule is CC(C)(C)C[C@@H]1N[C@@H](C(=O)Nc2nccnc2C(=O)O)[C@H](c2cccc(Cl)c2F)[C@@]1(C#N)c1ccc(Cl)cc1F. The normalized spacial score (nSPS) is 22.5. The summed E-state index contributed by atoms with van der Waals surface area (Å²) in [7, 11) is 0. The zero-order valence-corrected chi connectivity index (χ0v) is 23.2. The smallest absolute Gasteiger partial charge is 0.358 e. The van der Waals surface area contributed by atoms with E-state index in [1.165, 1.54) is 36.5 Å². The van der Waals surface area contributed by atoms with Gasteiger partial charge in [-0.25, -0.2) is 23.5 Å². The van der Waals surface area contributed by atoms with E-state index in [1.54, 1.807) is 0 Å². The molecule has 0 aliphatic carbocycles. The molecule has 2 heterocycles. The first-order chi connectivity index (χ1) is 18.8. The maximum atomic E-state index is 15.7. The van der Waals surface area contributed by atoms with Crippen LogP contribution in [-0.2, 0) is 10.2 Å². The number of nitrogens with zero attached hydrogens (tertiary/aromatic N) is 3. The second kappa shape index (κ2) is 11.1. The van der Waals surface area contributed by atoms with Crippen LogP contribution in [0, 0.1) is 28.4 Å². The fraction of sp³-hybridized carbons (Fsp3) is 0.321. The summed E-state index contributed by atoms with van der Waals surface area (Å²) in [6.07, 6.45) is 2.63. The van der Waals surface area contributed by atoms with Crippen LogP contribution < -0.4 is 10.6 Å². The maximum Gasteiger partial charge on any atom is 0.358 e. The number of aromatic carboxylic acids is 1. The predicted octanol–water partition coefficient (Wildman–Crippen LogP) is 5.72. The van der Waals surface area contributed by atoms with E-state index >= 15 is 8.78 Å². The Kier molecular flexibility index (Phi) is 8.13. The molecule has 1 aliphatic rings. The first-order valence-electron chi connectivity index (χ1n) is 12.2. The lowest BCUT2D eigenvalue weighted by molar-refractivity contribution is -0.118. The fourth-order valence-corrected chi connectivity index (χ4v) is 5.68. The third-order valence-electron chi connectivity index (χ3n) is 6.87. The van der Waals surface area contributed by atoms with Crippen molar-refractivity contribution >= 4 is 40.9 Å². The van der Waals surface area contributed by atoms with E-state index < -0.39 is 58.0 Å². The van der Waals surface area contributed by atoms with Crippen molar-refractivity contribution in [1.82, 2.24) is 15.3 Å². The number of carboxylic acids is 1. The van der Waals surface area contributed by atoms with Gasteiger partial charge < -0.3 is 15.7 Å². The van der Waals surface area contributed by atoms with Gasteiger partial charge >= 0.3 is 5.97 Å². The summed E-state index contributed by atoms with van der Waals surface area (Å²) in [4.78, 5) is 33.2. The van der Waals surface area contributed by atoms with Crippen LogP contribution in [-0.4, -0.2) is 39.0 Å². The van der Waals surface area contributed by atoms with Crippen LogP contribution in [0.15, 0.2) is 48.8 Å². The molecule has 1 saturated heterocycles. The van der Waals surface area contributed by atoms with Crippen molar-refractivity contribution in [2.24, 2.45) is 5.41 Å². The Labute approximate surface area is 239 Å². The van der Waals surface area contributed by atoms with Crippen LogP contribution in [0.2, 0.25) is 10.0 Å². The third-order valence-corrected chi connectivity index (χ3v) is 7.40. The van der Waals surface area contributed by atoms with Gasteiger partial charge in [-0.1, -0.05) is 62.2 Å². The van der Waals surface area contributed by atoms with Crippen LogP contribution >= 0.6 is 23.2 Å². The van der Waals surface area contributed by atoms with Crippen molar-refractivity contribution in [1.29, 1.82) is 5.26 Å². The molecule has 8 nitrogen and oxygen atoms in total. The number of hydrogen-bond donors (Lipinski definition) is 3. The highest BCUT2D eigenvalue weighted by molar-refractivity contribution is 6.31. The summed E-state index contributed by atoms with van der Waals surface area (Å²) in [6, 6.07) is 8.04. The largest absolute Gasteiger partial charge is 0.476 e. The first-order valence-corrected chi connectivity index (χ1v) is 13.0. The molecule has 1 fully saturated rings. The van der Waals surface area contributed by atoms with Crippen LogP contribution in [0.25, 0.3) is 0 Å². The van der Waals surface area contributed by atoms with Crippen LogP contribution in [0.3, 0.4) is 0 Å². The summed E-state index contributed by atoms with van der Waals surface area (Å²) < 4.78 is 31.4. The zero-order chi connectivity index (χ0) is 29.4. The average molecular weight is 588 g/mol. The van der Waals surface area contributed by atoms with Gasteiger partial charge in [0.1, 0.15) is 17.0 Å². The van der Waals surface area contributed by atoms with Gasteiger partial charge in [0.25, 0.3) is 0 Å². The van der Waals surface area contributed by atoms with E-state index in [2.05, 4.69) is 26.7 Å². The molecule has 0 bridgehead atoms. The molecule has 4 rings (SSSR count). The Hall–Kier alpha value is -3.65. The Morgan fingerprint density at radius 2 is 1.88 bits per heavy atom. The van der Waals surface area contributed by atoms with Gasteiger partial charge in [0.2, 0.25) is 5.91 Å². The molecule has 1 amide bonds. The molecule has 3 aromatic rings. The summed E-state index contributed by atoms with van der Waals surface area (Å²) in [5, 5.41) is 25.8. The third kappa shape index (κ3) is 5.37.